The van der Waals surface area contributed by atoms with E-state index in [0.717, 1.165) is 43.4 Å². The molecule has 0 aliphatic heterocycles. The van der Waals surface area contributed by atoms with Gasteiger partial charge in [0.15, 0.2) is 0 Å². The lowest BCUT2D eigenvalue weighted by Gasteiger charge is -2.29. The second kappa shape index (κ2) is 8.33. The summed E-state index contributed by atoms with van der Waals surface area (Å²) in [4.78, 5) is 19.2. The Morgan fingerprint density at radius 1 is 1.07 bits per heavy atom. The maximum atomic E-state index is 13.2. The van der Waals surface area contributed by atoms with Crippen molar-refractivity contribution < 1.29 is 9.18 Å². The molecule has 3 aromatic rings. The van der Waals surface area contributed by atoms with Crippen LogP contribution in [0.5, 0.6) is 0 Å². The molecule has 1 aliphatic rings. The van der Waals surface area contributed by atoms with Crippen molar-refractivity contribution in [1.82, 2.24) is 19.7 Å². The lowest BCUT2D eigenvalue weighted by Crippen LogP contribution is -2.40. The van der Waals surface area contributed by atoms with E-state index in [9.17, 15) is 9.18 Å². The summed E-state index contributed by atoms with van der Waals surface area (Å²) in [5.74, 6) is -0.181. The topological polar surface area (TPSA) is 51.0 Å². The lowest BCUT2D eigenvalue weighted by molar-refractivity contribution is 0.0684. The quantitative estimate of drug-likeness (QED) is 0.651. The highest BCUT2D eigenvalue weighted by Crippen LogP contribution is 2.25. The fraction of sp³-hybridized carbons (Fsp3) is 0.318. The van der Waals surface area contributed by atoms with Crippen LogP contribution in [0.4, 0.5) is 4.39 Å². The summed E-state index contributed by atoms with van der Waals surface area (Å²) in [6.45, 7) is 0.639. The number of carbonyl (C=O) groups is 1. The molecule has 0 N–H and O–H groups in total. The molecule has 1 saturated carbocycles. The van der Waals surface area contributed by atoms with E-state index in [2.05, 4.69) is 10.1 Å². The SMILES string of the molecule is O=C(c1ccc(-n2cncn2)cc1)N(CCc1ccc(F)cc1)C1CCCC1. The molecule has 1 amide bonds. The van der Waals surface area contributed by atoms with Gasteiger partial charge in [0.2, 0.25) is 0 Å². The summed E-state index contributed by atoms with van der Waals surface area (Å²) in [6.07, 6.45) is 8.26. The zero-order valence-corrected chi connectivity index (χ0v) is 15.7. The van der Waals surface area contributed by atoms with Crippen LogP contribution in [0.3, 0.4) is 0 Å². The smallest absolute Gasteiger partial charge is 0.254 e. The van der Waals surface area contributed by atoms with Gasteiger partial charge in [0.05, 0.1) is 5.69 Å². The van der Waals surface area contributed by atoms with Crippen LogP contribution in [0.2, 0.25) is 0 Å². The summed E-state index contributed by atoms with van der Waals surface area (Å²) in [6, 6.07) is 14.3. The van der Waals surface area contributed by atoms with Gasteiger partial charge in [-0.05, 0) is 61.2 Å². The molecule has 5 nitrogen and oxygen atoms in total. The van der Waals surface area contributed by atoms with Gasteiger partial charge in [0.25, 0.3) is 5.91 Å². The van der Waals surface area contributed by atoms with Crippen molar-refractivity contribution in [1.29, 1.82) is 0 Å². The summed E-state index contributed by atoms with van der Waals surface area (Å²) >= 11 is 0. The molecule has 0 unspecified atom stereocenters. The van der Waals surface area contributed by atoms with Crippen molar-refractivity contribution in [2.45, 2.75) is 38.1 Å². The van der Waals surface area contributed by atoms with Gasteiger partial charge in [0.1, 0.15) is 18.5 Å². The number of rotatable bonds is 6. The van der Waals surface area contributed by atoms with Gasteiger partial charge in [-0.15, -0.1) is 0 Å². The summed E-state index contributed by atoms with van der Waals surface area (Å²) < 4.78 is 14.8. The van der Waals surface area contributed by atoms with E-state index in [0.29, 0.717) is 12.1 Å². The molecule has 0 radical (unpaired) electrons. The maximum absolute atomic E-state index is 13.2. The van der Waals surface area contributed by atoms with Crippen molar-refractivity contribution >= 4 is 5.91 Å². The second-order valence-electron chi connectivity index (χ2n) is 7.20. The Morgan fingerprint density at radius 2 is 1.79 bits per heavy atom. The average Bonchev–Trinajstić information content (AvgIpc) is 3.44. The minimum absolute atomic E-state index is 0.0548. The molecule has 4 rings (SSSR count). The van der Waals surface area contributed by atoms with E-state index in [1.54, 1.807) is 23.1 Å². The van der Waals surface area contributed by atoms with Gasteiger partial charge in [-0.3, -0.25) is 4.79 Å². The van der Waals surface area contributed by atoms with Crippen molar-refractivity contribution in [2.24, 2.45) is 0 Å². The molecular weight excluding hydrogens is 355 g/mol. The molecule has 2 aromatic carbocycles. The van der Waals surface area contributed by atoms with Crippen LogP contribution in [0.25, 0.3) is 5.69 Å². The van der Waals surface area contributed by atoms with Crippen molar-refractivity contribution in [2.75, 3.05) is 6.54 Å². The largest absolute Gasteiger partial charge is 0.335 e. The van der Waals surface area contributed by atoms with Gasteiger partial charge >= 0.3 is 0 Å². The van der Waals surface area contributed by atoms with Crippen LogP contribution in [0.1, 0.15) is 41.6 Å². The zero-order chi connectivity index (χ0) is 19.3. The third-order valence-electron chi connectivity index (χ3n) is 5.38. The Morgan fingerprint density at radius 3 is 2.43 bits per heavy atom. The average molecular weight is 378 g/mol. The Labute approximate surface area is 163 Å². The number of amides is 1. The van der Waals surface area contributed by atoms with Crippen LogP contribution in [0.15, 0.2) is 61.2 Å². The molecule has 1 aromatic heterocycles. The molecule has 0 saturated heterocycles. The monoisotopic (exact) mass is 378 g/mol. The Hall–Kier alpha value is -3.02. The Balaban J connectivity index is 1.50. The molecule has 0 bridgehead atoms. The number of hydrogen-bond donors (Lipinski definition) is 0. The van der Waals surface area contributed by atoms with E-state index < -0.39 is 0 Å². The molecule has 1 fully saturated rings. The van der Waals surface area contributed by atoms with Gasteiger partial charge in [0, 0.05) is 18.2 Å². The Bertz CT molecular complexity index is 901. The van der Waals surface area contributed by atoms with E-state index in [1.165, 1.54) is 18.5 Å². The van der Waals surface area contributed by atoms with Crippen molar-refractivity contribution in [3.05, 3.63) is 78.1 Å². The molecule has 28 heavy (non-hydrogen) atoms. The fourth-order valence-corrected chi connectivity index (χ4v) is 3.83. The normalized spacial score (nSPS) is 14.3. The predicted molar refractivity (Wildman–Crippen MR) is 105 cm³/mol. The number of nitrogens with zero attached hydrogens (tertiary/aromatic N) is 4. The van der Waals surface area contributed by atoms with E-state index in [1.807, 2.05) is 29.2 Å². The highest BCUT2D eigenvalue weighted by atomic mass is 19.1. The first-order valence-corrected chi connectivity index (χ1v) is 9.71. The summed E-state index contributed by atoms with van der Waals surface area (Å²) in [5, 5.41) is 4.11. The molecule has 1 aliphatic carbocycles. The zero-order valence-electron chi connectivity index (χ0n) is 15.7. The molecule has 144 valence electrons. The maximum Gasteiger partial charge on any atom is 0.254 e. The van der Waals surface area contributed by atoms with Gasteiger partial charge in [-0.2, -0.15) is 5.10 Å². The van der Waals surface area contributed by atoms with Crippen LogP contribution in [-0.2, 0) is 6.42 Å². The molecule has 0 atom stereocenters. The van der Waals surface area contributed by atoms with Crippen LogP contribution >= 0.6 is 0 Å². The van der Waals surface area contributed by atoms with E-state index in [-0.39, 0.29) is 17.8 Å². The van der Waals surface area contributed by atoms with Gasteiger partial charge in [-0.1, -0.05) is 25.0 Å². The number of aromatic nitrogens is 3. The number of halogens is 1. The minimum atomic E-state index is -0.236. The third-order valence-corrected chi connectivity index (χ3v) is 5.38. The first-order valence-electron chi connectivity index (χ1n) is 9.71. The number of carbonyl (C=O) groups excluding carboxylic acids is 1. The second-order valence-corrected chi connectivity index (χ2v) is 7.20. The molecule has 0 spiro atoms. The Kier molecular flexibility index (Phi) is 5.46. The number of hydrogen-bond acceptors (Lipinski definition) is 3. The third kappa shape index (κ3) is 4.11. The molecule has 1 heterocycles. The van der Waals surface area contributed by atoms with Crippen molar-refractivity contribution in [3.8, 4) is 5.69 Å². The first kappa shape index (κ1) is 18.3. The predicted octanol–water partition coefficient (Wildman–Crippen LogP) is 4.03. The first-order chi connectivity index (χ1) is 13.7. The van der Waals surface area contributed by atoms with Crippen molar-refractivity contribution in [3.63, 3.8) is 0 Å². The van der Waals surface area contributed by atoms with Crippen LogP contribution in [-0.4, -0.2) is 38.2 Å². The fourth-order valence-electron chi connectivity index (χ4n) is 3.83. The minimum Gasteiger partial charge on any atom is -0.335 e. The van der Waals surface area contributed by atoms with Crippen LogP contribution < -0.4 is 0 Å². The standard InChI is InChI=1S/C22H23FN4O/c23-19-9-5-17(6-10-19)13-14-26(20-3-1-2-4-20)22(28)18-7-11-21(12-8-18)27-16-24-15-25-27/h5-12,15-16,20H,1-4,13-14H2. The van der Waals surface area contributed by atoms with Crippen LogP contribution in [0, 0.1) is 5.82 Å². The van der Waals surface area contributed by atoms with Gasteiger partial charge < -0.3 is 4.90 Å². The summed E-state index contributed by atoms with van der Waals surface area (Å²) in [7, 11) is 0. The van der Waals surface area contributed by atoms with E-state index in [4.69, 9.17) is 0 Å². The molecular formula is C22H23FN4O. The highest BCUT2D eigenvalue weighted by molar-refractivity contribution is 5.94. The lowest BCUT2D eigenvalue weighted by atomic mass is 10.1. The summed E-state index contributed by atoms with van der Waals surface area (Å²) in [5.41, 5.74) is 2.58. The highest BCUT2D eigenvalue weighted by Gasteiger charge is 2.27. The number of benzene rings is 2. The van der Waals surface area contributed by atoms with E-state index >= 15 is 0 Å². The van der Waals surface area contributed by atoms with Gasteiger partial charge in [-0.25, -0.2) is 14.1 Å². The molecule has 6 heteroatoms.